The SMILES string of the molecule is COc1cc2c(cc1OC[C@H]1COC(C)(C)O1)c(-c1cc3cccnc3n1S(=O)(=O)c1ccc(C)cc1)cn2C. The van der Waals surface area contributed by atoms with Gasteiger partial charge in [0.15, 0.2) is 22.9 Å². The number of methoxy groups -OCH3 is 1. The zero-order valence-electron chi connectivity index (χ0n) is 23.0. The van der Waals surface area contributed by atoms with E-state index in [1.165, 1.54) is 3.97 Å². The van der Waals surface area contributed by atoms with Gasteiger partial charge in [0, 0.05) is 41.8 Å². The number of aromatic nitrogens is 3. The first-order valence-corrected chi connectivity index (χ1v) is 14.4. The first kappa shape index (κ1) is 26.4. The Labute approximate surface area is 232 Å². The second-order valence-electron chi connectivity index (χ2n) is 10.5. The molecule has 9 nitrogen and oxygen atoms in total. The highest BCUT2D eigenvalue weighted by atomic mass is 32.2. The average molecular weight is 562 g/mol. The summed E-state index contributed by atoms with van der Waals surface area (Å²) in [6.45, 7) is 6.37. The lowest BCUT2D eigenvalue weighted by molar-refractivity contribution is -0.141. The molecule has 40 heavy (non-hydrogen) atoms. The molecule has 3 aromatic heterocycles. The minimum Gasteiger partial charge on any atom is -0.493 e. The fourth-order valence-corrected chi connectivity index (χ4v) is 6.63. The topological polar surface area (TPSA) is 93.8 Å². The van der Waals surface area contributed by atoms with Crippen molar-refractivity contribution in [1.29, 1.82) is 0 Å². The Morgan fingerprint density at radius 1 is 1.10 bits per heavy atom. The highest BCUT2D eigenvalue weighted by Gasteiger charge is 2.33. The van der Waals surface area contributed by atoms with Crippen LogP contribution in [0.15, 0.2) is 71.9 Å². The molecule has 1 aliphatic heterocycles. The van der Waals surface area contributed by atoms with Crippen molar-refractivity contribution >= 4 is 32.0 Å². The molecule has 5 aromatic rings. The lowest BCUT2D eigenvalue weighted by Crippen LogP contribution is -2.25. The summed E-state index contributed by atoms with van der Waals surface area (Å²) >= 11 is 0. The molecule has 0 radical (unpaired) electrons. The third-order valence-corrected chi connectivity index (χ3v) is 8.84. The molecule has 6 rings (SSSR count). The largest absolute Gasteiger partial charge is 0.493 e. The number of pyridine rings is 1. The molecular weight excluding hydrogens is 530 g/mol. The summed E-state index contributed by atoms with van der Waals surface area (Å²) in [5.41, 5.74) is 3.42. The summed E-state index contributed by atoms with van der Waals surface area (Å²) in [6, 6.07) is 16.1. The lowest BCUT2D eigenvalue weighted by Gasteiger charge is -2.18. The van der Waals surface area contributed by atoms with Crippen molar-refractivity contribution < 1.29 is 27.4 Å². The Balaban J connectivity index is 1.51. The van der Waals surface area contributed by atoms with E-state index >= 15 is 0 Å². The van der Waals surface area contributed by atoms with Gasteiger partial charge in [0.25, 0.3) is 10.0 Å². The van der Waals surface area contributed by atoms with Crippen LogP contribution in [0.3, 0.4) is 0 Å². The highest BCUT2D eigenvalue weighted by Crippen LogP contribution is 2.41. The molecule has 0 unspecified atom stereocenters. The second kappa shape index (κ2) is 9.65. The van der Waals surface area contributed by atoms with Gasteiger partial charge in [-0.1, -0.05) is 17.7 Å². The van der Waals surface area contributed by atoms with E-state index in [-0.39, 0.29) is 17.6 Å². The predicted octanol–water partition coefficient (Wildman–Crippen LogP) is 5.28. The minimum atomic E-state index is -3.97. The number of nitrogens with zero attached hydrogens (tertiary/aromatic N) is 3. The van der Waals surface area contributed by atoms with Crippen molar-refractivity contribution in [2.75, 3.05) is 20.3 Å². The standard InChI is InChI=1S/C30H31N3O6S/c1-19-8-10-22(11-9-19)40(34,35)33-26(13-20-7-6-12-31-29(20)33)24-16-32(4)25-15-27(36-5)28(14-23(24)25)37-17-21-18-38-30(2,3)39-21/h6-16,21H,17-18H2,1-5H3/t21-/m0/s1. The molecular formula is C30H31N3O6S. The van der Waals surface area contributed by atoms with Gasteiger partial charge >= 0.3 is 0 Å². The summed E-state index contributed by atoms with van der Waals surface area (Å²) in [7, 11) is -0.469. The first-order chi connectivity index (χ1) is 19.1. The maximum Gasteiger partial charge on any atom is 0.269 e. The van der Waals surface area contributed by atoms with Crippen molar-refractivity contribution in [1.82, 2.24) is 13.5 Å². The van der Waals surface area contributed by atoms with Crippen molar-refractivity contribution in [3.8, 4) is 22.8 Å². The van der Waals surface area contributed by atoms with Crippen LogP contribution in [0.1, 0.15) is 19.4 Å². The number of benzene rings is 2. The number of rotatable bonds is 7. The number of hydrogen-bond donors (Lipinski definition) is 0. The zero-order valence-corrected chi connectivity index (χ0v) is 23.9. The molecule has 4 heterocycles. The van der Waals surface area contributed by atoms with Gasteiger partial charge in [-0.15, -0.1) is 0 Å². The van der Waals surface area contributed by atoms with Crippen LogP contribution >= 0.6 is 0 Å². The van der Waals surface area contributed by atoms with Crippen molar-refractivity contribution in [3.05, 3.63) is 72.6 Å². The first-order valence-electron chi connectivity index (χ1n) is 13.0. The summed E-state index contributed by atoms with van der Waals surface area (Å²) in [5.74, 6) is 0.435. The number of ether oxygens (including phenoxy) is 4. The van der Waals surface area contributed by atoms with Gasteiger partial charge in [-0.3, -0.25) is 0 Å². The maximum absolute atomic E-state index is 14.1. The summed E-state index contributed by atoms with van der Waals surface area (Å²) < 4.78 is 54.8. The van der Waals surface area contributed by atoms with E-state index in [0.717, 1.165) is 27.4 Å². The van der Waals surface area contributed by atoms with Gasteiger partial charge in [-0.05, 0) is 57.2 Å². The number of hydrogen-bond acceptors (Lipinski definition) is 7. The van der Waals surface area contributed by atoms with E-state index in [9.17, 15) is 8.42 Å². The van der Waals surface area contributed by atoms with E-state index in [4.69, 9.17) is 18.9 Å². The van der Waals surface area contributed by atoms with Crippen LogP contribution in [0.25, 0.3) is 33.2 Å². The Morgan fingerprint density at radius 3 is 2.58 bits per heavy atom. The van der Waals surface area contributed by atoms with Crippen LogP contribution in [-0.4, -0.2) is 54.2 Å². The molecule has 1 aliphatic rings. The maximum atomic E-state index is 14.1. The molecule has 1 fully saturated rings. The molecule has 208 valence electrons. The summed E-state index contributed by atoms with van der Waals surface area (Å²) in [6.07, 6.45) is 3.29. The van der Waals surface area contributed by atoms with Crippen molar-refractivity contribution in [2.24, 2.45) is 7.05 Å². The average Bonchev–Trinajstić information content (AvgIpc) is 3.59. The van der Waals surface area contributed by atoms with Crippen LogP contribution in [0.4, 0.5) is 0 Å². The van der Waals surface area contributed by atoms with E-state index in [1.54, 1.807) is 43.6 Å². The van der Waals surface area contributed by atoms with E-state index in [0.29, 0.717) is 29.4 Å². The zero-order chi connectivity index (χ0) is 28.2. The molecule has 2 aromatic carbocycles. The fourth-order valence-electron chi connectivity index (χ4n) is 5.15. The van der Waals surface area contributed by atoms with Gasteiger partial charge in [0.1, 0.15) is 12.7 Å². The third-order valence-electron chi connectivity index (χ3n) is 7.12. The smallest absolute Gasteiger partial charge is 0.269 e. The lowest BCUT2D eigenvalue weighted by atomic mass is 10.1. The quantitative estimate of drug-likeness (QED) is 0.267. The Bertz CT molecular complexity index is 1840. The van der Waals surface area contributed by atoms with Crippen LogP contribution in [0, 0.1) is 6.92 Å². The second-order valence-corrected chi connectivity index (χ2v) is 12.3. The van der Waals surface area contributed by atoms with Crippen LogP contribution in [0.5, 0.6) is 11.5 Å². The minimum absolute atomic E-state index is 0.190. The number of aryl methyl sites for hydroxylation is 2. The van der Waals surface area contributed by atoms with Crippen molar-refractivity contribution in [3.63, 3.8) is 0 Å². The molecule has 0 saturated carbocycles. The van der Waals surface area contributed by atoms with Gasteiger partial charge in [0.05, 0.1) is 29.8 Å². The monoisotopic (exact) mass is 561 g/mol. The Hall–Kier alpha value is -3.86. The van der Waals surface area contributed by atoms with Crippen LogP contribution in [-0.2, 0) is 26.5 Å². The van der Waals surface area contributed by atoms with E-state index in [1.807, 2.05) is 62.8 Å². The normalized spacial score (nSPS) is 17.1. The molecule has 0 N–H and O–H groups in total. The molecule has 0 amide bonds. The van der Waals surface area contributed by atoms with Crippen LogP contribution < -0.4 is 9.47 Å². The Kier molecular flexibility index (Phi) is 6.36. The molecule has 0 bridgehead atoms. The molecule has 0 spiro atoms. The highest BCUT2D eigenvalue weighted by molar-refractivity contribution is 7.90. The van der Waals surface area contributed by atoms with Gasteiger partial charge in [0.2, 0.25) is 0 Å². The van der Waals surface area contributed by atoms with Gasteiger partial charge in [-0.2, -0.15) is 0 Å². The summed E-state index contributed by atoms with van der Waals surface area (Å²) in [5, 5.41) is 1.53. The predicted molar refractivity (Wildman–Crippen MR) is 152 cm³/mol. The number of fused-ring (bicyclic) bond motifs is 2. The van der Waals surface area contributed by atoms with Gasteiger partial charge in [-0.25, -0.2) is 17.4 Å². The van der Waals surface area contributed by atoms with E-state index in [2.05, 4.69) is 4.98 Å². The molecule has 1 saturated heterocycles. The van der Waals surface area contributed by atoms with Gasteiger partial charge < -0.3 is 23.5 Å². The fraction of sp³-hybridized carbons (Fsp3) is 0.300. The third kappa shape index (κ3) is 4.51. The summed E-state index contributed by atoms with van der Waals surface area (Å²) in [4.78, 5) is 4.65. The van der Waals surface area contributed by atoms with E-state index < -0.39 is 15.8 Å². The Morgan fingerprint density at radius 2 is 1.88 bits per heavy atom. The van der Waals surface area contributed by atoms with Crippen LogP contribution in [0.2, 0.25) is 0 Å². The molecule has 10 heteroatoms. The molecule has 0 aliphatic carbocycles. The van der Waals surface area contributed by atoms with Crippen molar-refractivity contribution in [2.45, 2.75) is 37.6 Å². The molecule has 1 atom stereocenters.